The number of rotatable bonds is 3. The molecule has 0 bridgehead atoms. The van der Waals surface area contributed by atoms with Crippen LogP contribution in [0.1, 0.15) is 27.7 Å². The van der Waals surface area contributed by atoms with Gasteiger partial charge in [-0.25, -0.2) is 0 Å². The standard InChI is InChI=1S/C12H17O2S.C5H5.Fe/c1-9(13)14-8-10-6-5-7-11(10)15-12(2,3)4;1-2-4-5-3-1;/h5-7H,8H2,1-4H3;1-5H;. The number of hydrogen-bond donors (Lipinski definition) is 0. The maximum absolute atomic E-state index is 11.5. The van der Waals surface area contributed by atoms with E-state index in [1.807, 2.05) is 0 Å². The van der Waals surface area contributed by atoms with Crippen LogP contribution in [0.15, 0.2) is 0 Å². The molecular weight excluding hydrogens is 324 g/mol. The number of fused-ring (bicyclic) bond motifs is 10. The van der Waals surface area contributed by atoms with Gasteiger partial charge in [0.15, 0.2) is 0 Å². The molecule has 10 saturated heterocycles. The average Bonchev–Trinajstić information content (AvgIpc) is 3.29. The minimum absolute atomic E-state index is 0.0260. The van der Waals surface area contributed by atoms with Crippen molar-refractivity contribution >= 4 is 17.7 Å². The fraction of sp³-hybridized carbons (Fsp3) is 0.941. The molecule has 1 spiro atoms. The van der Waals surface area contributed by atoms with Gasteiger partial charge in [-0.3, -0.25) is 0 Å². The van der Waals surface area contributed by atoms with Crippen molar-refractivity contribution in [1.82, 2.24) is 0 Å². The Bertz CT molecular complexity index is 1110. The second-order valence-electron chi connectivity index (χ2n) is 12.8. The molecule has 4 heteroatoms. The molecule has 10 fully saturated rings. The second-order valence-corrected chi connectivity index (χ2v) is 38.6. The SMILES string of the molecule is CC(=O)OC[C]12[CH]3[CH]4[CH]5[C]1(SC(C)(C)C)[Fe]43521678[CH]2[CH]1[CH]6[CH]7[CH]28. The monoisotopic (exact) mass is 346 g/mol. The summed E-state index contributed by atoms with van der Waals surface area (Å²) in [6.07, 6.45) is 0. The molecule has 0 aromatic heterocycles. The molecule has 10 rings (SSSR count). The van der Waals surface area contributed by atoms with Crippen LogP contribution in [0.2, 0.25) is 42.8 Å². The summed E-state index contributed by atoms with van der Waals surface area (Å²) in [5.74, 6) is -0.0260. The molecule has 2 nitrogen and oxygen atoms in total. The van der Waals surface area contributed by atoms with E-state index in [4.69, 9.17) is 4.74 Å². The van der Waals surface area contributed by atoms with Gasteiger partial charge in [-0.05, 0) is 0 Å². The fourth-order valence-electron chi connectivity index (χ4n) is 18.1. The molecule has 116 valence electrons. The van der Waals surface area contributed by atoms with Crippen LogP contribution in [-0.4, -0.2) is 21.0 Å². The van der Waals surface area contributed by atoms with Crippen LogP contribution < -0.4 is 0 Å². The van der Waals surface area contributed by atoms with Crippen molar-refractivity contribution in [2.45, 2.75) is 78.9 Å². The van der Waals surface area contributed by atoms with Crippen LogP contribution in [0.25, 0.3) is 0 Å². The van der Waals surface area contributed by atoms with Gasteiger partial charge in [-0.15, -0.1) is 0 Å². The number of carbonyl (C=O) groups is 1. The van der Waals surface area contributed by atoms with Crippen LogP contribution in [0.5, 0.6) is 0 Å². The Hall–Kier alpha value is 0.339. The molecule has 5 atom stereocenters. The molecule has 21 heavy (non-hydrogen) atoms. The van der Waals surface area contributed by atoms with Crippen molar-refractivity contribution in [3.63, 3.8) is 0 Å². The molecule has 10 heterocycles. The Morgan fingerprint density at radius 2 is 1.67 bits per heavy atom. The quantitative estimate of drug-likeness (QED) is 0.545. The van der Waals surface area contributed by atoms with Gasteiger partial charge in [0.2, 0.25) is 0 Å². The molecule has 10 aliphatic rings. The van der Waals surface area contributed by atoms with Crippen molar-refractivity contribution in [2.75, 3.05) is 6.61 Å². The van der Waals surface area contributed by atoms with Gasteiger partial charge >= 0.3 is 119 Å². The molecule has 10 aliphatic heterocycles. The van der Waals surface area contributed by atoms with Gasteiger partial charge in [0.05, 0.1) is 0 Å². The van der Waals surface area contributed by atoms with E-state index in [2.05, 4.69) is 32.5 Å². The zero-order chi connectivity index (χ0) is 14.1. The zero-order valence-corrected chi connectivity index (χ0v) is 14.8. The Kier molecular flexibility index (Phi) is 0.399. The summed E-state index contributed by atoms with van der Waals surface area (Å²) in [5.41, 5.74) is 0. The summed E-state index contributed by atoms with van der Waals surface area (Å²) in [6.45, 7) is 6.49. The van der Waals surface area contributed by atoms with Crippen molar-refractivity contribution in [2.24, 2.45) is 0 Å². The van der Waals surface area contributed by atoms with Gasteiger partial charge in [0, 0.05) is 0 Å². The molecule has 5 unspecified atom stereocenters. The summed E-state index contributed by atoms with van der Waals surface area (Å²) in [7, 11) is 0. The zero-order valence-electron chi connectivity index (χ0n) is 12.9. The Balaban J connectivity index is 1.38. The minimum atomic E-state index is -3.30. The molecule has 0 N–H and O–H groups in total. The molecule has 0 aromatic carbocycles. The van der Waals surface area contributed by atoms with Crippen molar-refractivity contribution in [3.8, 4) is 0 Å². The molecule has 0 radical (unpaired) electrons. The molecular formula is C17H22FeO2S. The van der Waals surface area contributed by atoms with Crippen LogP contribution in [0.4, 0.5) is 0 Å². The second kappa shape index (κ2) is 0.873. The first-order valence-corrected chi connectivity index (χ1v) is 15.6. The van der Waals surface area contributed by atoms with Gasteiger partial charge in [-0.2, -0.15) is 0 Å². The number of thioether (sulfide) groups is 1. The summed E-state index contributed by atoms with van der Waals surface area (Å²) in [5, 5.41) is 0. The third-order valence-electron chi connectivity index (χ3n) is 16.0. The third kappa shape index (κ3) is 0.119. The van der Waals surface area contributed by atoms with Crippen LogP contribution in [-0.2, 0) is 16.0 Å². The Labute approximate surface area is 119 Å². The summed E-state index contributed by atoms with van der Waals surface area (Å²) in [4.78, 5) is 21.7. The summed E-state index contributed by atoms with van der Waals surface area (Å²) in [6, 6.07) is 0. The predicted octanol–water partition coefficient (Wildman–Crippen LogP) is 4.75. The van der Waals surface area contributed by atoms with Crippen molar-refractivity contribution < 1.29 is 16.0 Å². The Morgan fingerprint density at radius 1 is 1.10 bits per heavy atom. The molecule has 0 aliphatic carbocycles. The third-order valence-corrected chi connectivity index (χ3v) is 64.0. The van der Waals surface area contributed by atoms with Gasteiger partial charge in [0.25, 0.3) is 0 Å². The van der Waals surface area contributed by atoms with E-state index in [0.717, 1.165) is 10.3 Å². The van der Waals surface area contributed by atoms with Gasteiger partial charge < -0.3 is 0 Å². The molecule has 0 saturated carbocycles. The van der Waals surface area contributed by atoms with E-state index >= 15 is 0 Å². The summed E-state index contributed by atoms with van der Waals surface area (Å²) >= 11 is 2.43. The van der Waals surface area contributed by atoms with E-state index in [-0.39, 0.29) is 5.97 Å². The van der Waals surface area contributed by atoms with Crippen LogP contribution in [0, 0.1) is 0 Å². The number of esters is 1. The topological polar surface area (TPSA) is 26.3 Å². The van der Waals surface area contributed by atoms with E-state index < -0.39 is 6.51 Å². The normalized spacial score (nSPS) is 103. The fourth-order valence-corrected chi connectivity index (χ4v) is 104. The first-order chi connectivity index (χ1) is 9.56. The first-order valence-electron chi connectivity index (χ1n) is 8.61. The maximum atomic E-state index is 11.5. The van der Waals surface area contributed by atoms with E-state index in [1.165, 1.54) is 38.5 Å². The molecule has 0 amide bonds. The van der Waals surface area contributed by atoms with Gasteiger partial charge in [0.1, 0.15) is 0 Å². The van der Waals surface area contributed by atoms with E-state index in [1.54, 1.807) is 6.92 Å². The number of carbonyl (C=O) groups excluding carboxylic acids is 1. The molecule has 0 aromatic rings. The van der Waals surface area contributed by atoms with Crippen LogP contribution in [0.3, 0.4) is 0 Å². The van der Waals surface area contributed by atoms with Crippen molar-refractivity contribution in [3.05, 3.63) is 0 Å². The first kappa shape index (κ1) is 9.59. The number of ether oxygens (including phenoxy) is 1. The average molecular weight is 346 g/mol. The summed E-state index contributed by atoms with van der Waals surface area (Å²) < 4.78 is 7.58. The number of hydrogen-bond acceptors (Lipinski definition) is 3. The van der Waals surface area contributed by atoms with E-state index in [9.17, 15) is 4.79 Å². The van der Waals surface area contributed by atoms with Crippen molar-refractivity contribution in [1.29, 1.82) is 0 Å². The Morgan fingerprint density at radius 3 is 2.05 bits per heavy atom. The van der Waals surface area contributed by atoms with Crippen LogP contribution >= 0.6 is 11.8 Å². The van der Waals surface area contributed by atoms with E-state index in [0.29, 0.717) is 9.06 Å². The predicted molar refractivity (Wildman–Crippen MR) is 79.4 cm³/mol. The van der Waals surface area contributed by atoms with Gasteiger partial charge in [-0.1, -0.05) is 0 Å².